The van der Waals surface area contributed by atoms with E-state index in [1.807, 2.05) is 12.1 Å². The Labute approximate surface area is 158 Å². The Kier molecular flexibility index (Phi) is 5.28. The largest absolute Gasteiger partial charge is 0.344 e. The highest BCUT2D eigenvalue weighted by atomic mass is 35.5. The minimum absolute atomic E-state index is 0. The number of nitrogens with one attached hydrogen (secondary N) is 1. The Morgan fingerprint density at radius 1 is 1.24 bits per heavy atom. The van der Waals surface area contributed by atoms with Gasteiger partial charge in [-0.05, 0) is 55.7 Å². The van der Waals surface area contributed by atoms with Gasteiger partial charge in [0.05, 0.1) is 5.92 Å². The number of carbonyl (C=O) groups excluding carboxylic acids is 2. The number of anilines is 1. The van der Waals surface area contributed by atoms with Crippen molar-refractivity contribution in [3.63, 3.8) is 0 Å². The Morgan fingerprint density at radius 3 is 2.68 bits per heavy atom. The average molecular weight is 384 g/mol. The fraction of sp³-hybridized carbons (Fsp3) is 0.556. The van der Waals surface area contributed by atoms with E-state index in [2.05, 4.69) is 5.32 Å². The first-order chi connectivity index (χ1) is 11.5. The fourth-order valence-electron chi connectivity index (χ4n) is 4.71. The normalized spacial score (nSPS) is 33.4. The van der Waals surface area contributed by atoms with E-state index in [0.717, 1.165) is 24.9 Å². The Morgan fingerprint density at radius 2 is 2.00 bits per heavy atom. The predicted octanol–water partition coefficient (Wildman–Crippen LogP) is 2.36. The Balaban J connectivity index is 0.00000182. The van der Waals surface area contributed by atoms with Crippen LogP contribution in [-0.4, -0.2) is 30.4 Å². The average Bonchev–Trinajstić information content (AvgIpc) is 3.23. The van der Waals surface area contributed by atoms with Gasteiger partial charge < -0.3 is 16.0 Å². The second kappa shape index (κ2) is 7.14. The van der Waals surface area contributed by atoms with E-state index < -0.39 is 6.04 Å². The quantitative estimate of drug-likeness (QED) is 0.840. The molecular weight excluding hydrogens is 361 g/mol. The van der Waals surface area contributed by atoms with E-state index >= 15 is 0 Å². The third-order valence-electron chi connectivity index (χ3n) is 5.93. The van der Waals surface area contributed by atoms with Gasteiger partial charge in [-0.2, -0.15) is 0 Å². The van der Waals surface area contributed by atoms with Gasteiger partial charge in [0.25, 0.3) is 0 Å². The van der Waals surface area contributed by atoms with E-state index in [1.54, 1.807) is 17.0 Å². The van der Waals surface area contributed by atoms with Gasteiger partial charge in [0.15, 0.2) is 0 Å². The molecule has 1 aliphatic heterocycles. The SMILES string of the molecule is Cl.NC1C2CCC(C2)C1C(=O)NC1CCN(c2cccc(Cl)c2)C1=O. The molecule has 5 atom stereocenters. The highest BCUT2D eigenvalue weighted by Gasteiger charge is 2.49. The molecule has 1 heterocycles. The fourth-order valence-corrected chi connectivity index (χ4v) is 4.89. The molecule has 2 aliphatic carbocycles. The number of nitrogens with two attached hydrogens (primary N) is 1. The van der Waals surface area contributed by atoms with E-state index in [9.17, 15) is 9.59 Å². The zero-order valence-corrected chi connectivity index (χ0v) is 15.4. The van der Waals surface area contributed by atoms with Crippen molar-refractivity contribution in [3.8, 4) is 0 Å². The summed E-state index contributed by atoms with van der Waals surface area (Å²) in [5.41, 5.74) is 7.02. The molecule has 3 fully saturated rings. The van der Waals surface area contributed by atoms with Gasteiger partial charge in [-0.1, -0.05) is 17.7 Å². The van der Waals surface area contributed by atoms with Crippen LogP contribution < -0.4 is 16.0 Å². The molecule has 3 N–H and O–H groups in total. The van der Waals surface area contributed by atoms with Crippen molar-refractivity contribution in [2.75, 3.05) is 11.4 Å². The lowest BCUT2D eigenvalue weighted by Gasteiger charge is -2.28. The van der Waals surface area contributed by atoms with Gasteiger partial charge in [0, 0.05) is 23.3 Å². The Hall–Kier alpha value is -1.30. The maximum atomic E-state index is 12.7. The maximum absolute atomic E-state index is 12.7. The third kappa shape index (κ3) is 3.25. The molecule has 3 aliphatic rings. The summed E-state index contributed by atoms with van der Waals surface area (Å²) in [6.45, 7) is 0.590. The standard InChI is InChI=1S/C18H22ClN3O2.ClH/c19-12-2-1-3-13(9-12)22-7-6-14(18(22)24)21-17(23)15-10-4-5-11(8-10)16(15)20;/h1-3,9-11,14-16H,4-8,20H2,(H,21,23);1H. The van der Waals surface area contributed by atoms with Gasteiger partial charge in [0.2, 0.25) is 11.8 Å². The van der Waals surface area contributed by atoms with Crippen LogP contribution in [0.15, 0.2) is 24.3 Å². The molecule has 0 radical (unpaired) electrons. The highest BCUT2D eigenvalue weighted by Crippen LogP contribution is 2.47. The minimum Gasteiger partial charge on any atom is -0.344 e. The number of carbonyl (C=O) groups is 2. The number of amides is 2. The first-order valence-corrected chi connectivity index (χ1v) is 9.05. The van der Waals surface area contributed by atoms with Crippen LogP contribution in [0.4, 0.5) is 5.69 Å². The number of benzene rings is 1. The third-order valence-corrected chi connectivity index (χ3v) is 6.16. The van der Waals surface area contributed by atoms with Gasteiger partial charge >= 0.3 is 0 Å². The molecule has 4 rings (SSSR count). The monoisotopic (exact) mass is 383 g/mol. The van der Waals surface area contributed by atoms with Crippen molar-refractivity contribution < 1.29 is 9.59 Å². The summed E-state index contributed by atoms with van der Waals surface area (Å²) in [6, 6.07) is 6.73. The second-order valence-corrected chi connectivity index (χ2v) is 7.69. The molecular formula is C18H23Cl2N3O2. The van der Waals surface area contributed by atoms with Crippen molar-refractivity contribution in [2.24, 2.45) is 23.5 Å². The molecule has 7 heteroatoms. The molecule has 5 nitrogen and oxygen atoms in total. The van der Waals surface area contributed by atoms with Crippen LogP contribution >= 0.6 is 24.0 Å². The first-order valence-electron chi connectivity index (χ1n) is 8.67. The van der Waals surface area contributed by atoms with E-state index in [-0.39, 0.29) is 36.2 Å². The van der Waals surface area contributed by atoms with Crippen molar-refractivity contribution in [2.45, 2.75) is 37.8 Å². The lowest BCUT2D eigenvalue weighted by atomic mass is 9.84. The first kappa shape index (κ1) is 18.5. The molecule has 136 valence electrons. The minimum atomic E-state index is -0.456. The summed E-state index contributed by atoms with van der Waals surface area (Å²) in [7, 11) is 0. The molecule has 5 unspecified atom stereocenters. The van der Waals surface area contributed by atoms with E-state index in [1.165, 1.54) is 0 Å². The van der Waals surface area contributed by atoms with Crippen molar-refractivity contribution in [1.82, 2.24) is 5.32 Å². The summed E-state index contributed by atoms with van der Waals surface area (Å²) >= 11 is 6.01. The molecule has 0 aromatic heterocycles. The summed E-state index contributed by atoms with van der Waals surface area (Å²) < 4.78 is 0. The van der Waals surface area contributed by atoms with Crippen molar-refractivity contribution in [1.29, 1.82) is 0 Å². The summed E-state index contributed by atoms with van der Waals surface area (Å²) in [5, 5.41) is 3.55. The lowest BCUT2D eigenvalue weighted by molar-refractivity contribution is -0.130. The van der Waals surface area contributed by atoms with Crippen molar-refractivity contribution in [3.05, 3.63) is 29.3 Å². The van der Waals surface area contributed by atoms with Gasteiger partial charge in [0.1, 0.15) is 6.04 Å². The van der Waals surface area contributed by atoms with Gasteiger partial charge in [-0.15, -0.1) is 12.4 Å². The van der Waals surface area contributed by atoms with E-state index in [4.69, 9.17) is 17.3 Å². The maximum Gasteiger partial charge on any atom is 0.249 e. The van der Waals surface area contributed by atoms with Gasteiger partial charge in [-0.3, -0.25) is 9.59 Å². The van der Waals surface area contributed by atoms with Gasteiger partial charge in [-0.25, -0.2) is 0 Å². The number of hydrogen-bond donors (Lipinski definition) is 2. The van der Waals surface area contributed by atoms with Crippen molar-refractivity contribution >= 4 is 41.5 Å². The molecule has 25 heavy (non-hydrogen) atoms. The highest BCUT2D eigenvalue weighted by molar-refractivity contribution is 6.31. The molecule has 1 saturated heterocycles. The topological polar surface area (TPSA) is 75.4 Å². The van der Waals surface area contributed by atoms with Crippen LogP contribution in [0.1, 0.15) is 25.7 Å². The van der Waals surface area contributed by atoms with Crippen LogP contribution in [0.2, 0.25) is 5.02 Å². The number of rotatable bonds is 3. The summed E-state index contributed by atoms with van der Waals surface area (Å²) in [5.74, 6) is 0.638. The molecule has 1 aromatic carbocycles. The lowest BCUT2D eigenvalue weighted by Crippen LogP contribution is -2.50. The molecule has 0 spiro atoms. The molecule has 2 amide bonds. The number of nitrogens with zero attached hydrogens (tertiary/aromatic N) is 1. The number of fused-ring (bicyclic) bond motifs is 2. The zero-order valence-electron chi connectivity index (χ0n) is 13.9. The molecule has 1 aromatic rings. The predicted molar refractivity (Wildman–Crippen MR) is 99.9 cm³/mol. The van der Waals surface area contributed by atoms with Crippen LogP contribution in [0, 0.1) is 17.8 Å². The molecule has 2 saturated carbocycles. The summed E-state index contributed by atoms with van der Waals surface area (Å²) in [6.07, 6.45) is 3.91. The van der Waals surface area contributed by atoms with E-state index in [0.29, 0.717) is 29.8 Å². The van der Waals surface area contributed by atoms with Crippen LogP contribution in [0.25, 0.3) is 0 Å². The number of halogens is 2. The molecule has 2 bridgehead atoms. The zero-order chi connectivity index (χ0) is 16.8. The van der Waals surface area contributed by atoms with Crippen LogP contribution in [0.5, 0.6) is 0 Å². The second-order valence-electron chi connectivity index (χ2n) is 7.26. The summed E-state index contributed by atoms with van der Waals surface area (Å²) in [4.78, 5) is 27.0. The van der Waals surface area contributed by atoms with Crippen LogP contribution in [0.3, 0.4) is 0 Å². The Bertz CT molecular complexity index is 682. The van der Waals surface area contributed by atoms with Crippen LogP contribution in [-0.2, 0) is 9.59 Å². The number of hydrogen-bond acceptors (Lipinski definition) is 3. The smallest absolute Gasteiger partial charge is 0.249 e.